The highest BCUT2D eigenvalue weighted by Crippen LogP contribution is 2.03. The third-order valence-corrected chi connectivity index (χ3v) is 3.42. The summed E-state index contributed by atoms with van der Waals surface area (Å²) >= 11 is 0. The van der Waals surface area contributed by atoms with Crippen molar-refractivity contribution in [1.82, 2.24) is 20.4 Å². The van der Waals surface area contributed by atoms with Crippen LogP contribution < -0.4 is 10.6 Å². The zero-order chi connectivity index (χ0) is 14.1. The summed E-state index contributed by atoms with van der Waals surface area (Å²) in [4.78, 5) is 9.12. The Morgan fingerprint density at radius 3 is 2.58 bits per heavy atom. The molecule has 1 heterocycles. The lowest BCUT2D eigenvalue weighted by atomic mass is 10.1. The van der Waals surface area contributed by atoms with E-state index in [0.29, 0.717) is 5.92 Å². The van der Waals surface area contributed by atoms with Crippen molar-refractivity contribution in [2.75, 3.05) is 59.9 Å². The number of nitrogens with zero attached hydrogens (tertiary/aromatic N) is 3. The van der Waals surface area contributed by atoms with Crippen molar-refractivity contribution in [3.63, 3.8) is 0 Å². The minimum absolute atomic E-state index is 0.616. The molecule has 1 rings (SSSR count). The topological polar surface area (TPSA) is 42.9 Å². The highest BCUT2D eigenvalue weighted by Gasteiger charge is 2.16. The summed E-state index contributed by atoms with van der Waals surface area (Å²) in [6.07, 6.45) is 1.83. The maximum atomic E-state index is 4.18. The lowest BCUT2D eigenvalue weighted by Crippen LogP contribution is -2.47. The first-order valence-corrected chi connectivity index (χ1v) is 7.12. The Hall–Kier alpha value is -1.07. The molecule has 1 aliphatic rings. The second-order valence-electron chi connectivity index (χ2n) is 5.33. The fourth-order valence-corrected chi connectivity index (χ4v) is 2.20. The Morgan fingerprint density at radius 1 is 1.32 bits per heavy atom. The fourth-order valence-electron chi connectivity index (χ4n) is 2.20. The van der Waals surface area contributed by atoms with Crippen molar-refractivity contribution in [3.8, 4) is 0 Å². The Balaban J connectivity index is 2.19. The van der Waals surface area contributed by atoms with E-state index in [-0.39, 0.29) is 0 Å². The molecule has 19 heavy (non-hydrogen) atoms. The summed E-state index contributed by atoms with van der Waals surface area (Å²) in [6, 6.07) is 0. The van der Waals surface area contributed by atoms with Gasteiger partial charge in [-0.1, -0.05) is 13.0 Å². The van der Waals surface area contributed by atoms with E-state index in [2.05, 4.69) is 46.0 Å². The van der Waals surface area contributed by atoms with Gasteiger partial charge < -0.3 is 20.4 Å². The van der Waals surface area contributed by atoms with Crippen molar-refractivity contribution in [3.05, 3.63) is 12.7 Å². The Kier molecular flexibility index (Phi) is 7.52. The van der Waals surface area contributed by atoms with Gasteiger partial charge in [0.25, 0.3) is 0 Å². The van der Waals surface area contributed by atoms with Crippen molar-refractivity contribution in [1.29, 1.82) is 0 Å². The summed E-state index contributed by atoms with van der Waals surface area (Å²) in [5.74, 6) is 1.47. The van der Waals surface area contributed by atoms with Gasteiger partial charge in [-0.2, -0.15) is 0 Å². The van der Waals surface area contributed by atoms with Crippen LogP contribution in [0.25, 0.3) is 0 Å². The molecule has 1 unspecified atom stereocenters. The molecular weight excluding hydrogens is 238 g/mol. The van der Waals surface area contributed by atoms with Crippen LogP contribution in [-0.2, 0) is 0 Å². The molecule has 0 saturated carbocycles. The highest BCUT2D eigenvalue weighted by atomic mass is 15.2. The van der Waals surface area contributed by atoms with Gasteiger partial charge in [-0.3, -0.25) is 4.99 Å². The van der Waals surface area contributed by atoms with Gasteiger partial charge in [0.1, 0.15) is 0 Å². The van der Waals surface area contributed by atoms with Crippen LogP contribution in [0.3, 0.4) is 0 Å². The number of nitrogens with one attached hydrogen (secondary N) is 2. The molecule has 2 N–H and O–H groups in total. The van der Waals surface area contributed by atoms with Gasteiger partial charge in [-0.25, -0.2) is 0 Å². The zero-order valence-electron chi connectivity index (χ0n) is 12.7. The van der Waals surface area contributed by atoms with E-state index in [9.17, 15) is 0 Å². The minimum atomic E-state index is 0.616. The maximum absolute atomic E-state index is 4.18. The first kappa shape index (κ1) is 16.0. The number of rotatable bonds is 6. The maximum Gasteiger partial charge on any atom is 0.191 e. The van der Waals surface area contributed by atoms with E-state index < -0.39 is 0 Å². The standard InChI is InChI=1S/C14H29N5/c1-5-6-16-14(15-3)17-11-13(2)12-19-9-7-18(4)8-10-19/h5,13H,1,6-12H2,2-4H3,(H2,15,16,17). The van der Waals surface area contributed by atoms with E-state index in [1.165, 1.54) is 26.2 Å². The van der Waals surface area contributed by atoms with Crippen LogP contribution in [-0.4, -0.2) is 75.7 Å². The number of likely N-dealkylation sites (N-methyl/N-ethyl adjacent to an activating group) is 1. The average Bonchev–Trinajstić information content (AvgIpc) is 2.42. The second kappa shape index (κ2) is 8.93. The predicted octanol–water partition coefficient (Wildman–Crippen LogP) is 0.221. The van der Waals surface area contributed by atoms with Crippen LogP contribution in [0.15, 0.2) is 17.6 Å². The summed E-state index contributed by atoms with van der Waals surface area (Å²) in [5, 5.41) is 6.54. The number of hydrogen-bond acceptors (Lipinski definition) is 3. The van der Waals surface area contributed by atoms with Gasteiger partial charge in [0.05, 0.1) is 0 Å². The average molecular weight is 267 g/mol. The normalized spacial score (nSPS) is 20.1. The number of guanidine groups is 1. The smallest absolute Gasteiger partial charge is 0.191 e. The third-order valence-electron chi connectivity index (χ3n) is 3.42. The van der Waals surface area contributed by atoms with Gasteiger partial charge in [-0.05, 0) is 13.0 Å². The molecule has 0 bridgehead atoms. The molecule has 110 valence electrons. The number of piperazine rings is 1. The molecule has 0 aromatic rings. The Bertz CT molecular complexity index is 282. The van der Waals surface area contributed by atoms with Crippen molar-refractivity contribution in [2.45, 2.75) is 6.92 Å². The molecule has 1 fully saturated rings. The Morgan fingerprint density at radius 2 is 2.00 bits per heavy atom. The van der Waals surface area contributed by atoms with E-state index >= 15 is 0 Å². The summed E-state index contributed by atoms with van der Waals surface area (Å²) in [7, 11) is 3.99. The lowest BCUT2D eigenvalue weighted by Gasteiger charge is -2.34. The molecule has 1 saturated heterocycles. The Labute approximate surface area is 117 Å². The summed E-state index contributed by atoms with van der Waals surface area (Å²) in [5.41, 5.74) is 0. The first-order valence-electron chi connectivity index (χ1n) is 7.12. The molecule has 0 aromatic carbocycles. The zero-order valence-corrected chi connectivity index (χ0v) is 12.7. The van der Waals surface area contributed by atoms with E-state index in [1.807, 2.05) is 6.08 Å². The third kappa shape index (κ3) is 6.59. The van der Waals surface area contributed by atoms with Gasteiger partial charge in [0.15, 0.2) is 5.96 Å². The quantitative estimate of drug-likeness (QED) is 0.410. The molecule has 1 aliphatic heterocycles. The molecule has 5 nitrogen and oxygen atoms in total. The second-order valence-corrected chi connectivity index (χ2v) is 5.33. The lowest BCUT2D eigenvalue weighted by molar-refractivity contribution is 0.139. The highest BCUT2D eigenvalue weighted by molar-refractivity contribution is 5.79. The predicted molar refractivity (Wildman–Crippen MR) is 82.7 cm³/mol. The van der Waals surface area contributed by atoms with Crippen molar-refractivity contribution >= 4 is 5.96 Å². The minimum Gasteiger partial charge on any atom is -0.356 e. The largest absolute Gasteiger partial charge is 0.356 e. The van der Waals surface area contributed by atoms with Crippen molar-refractivity contribution < 1.29 is 0 Å². The van der Waals surface area contributed by atoms with Crippen LogP contribution in [0, 0.1) is 5.92 Å². The van der Waals surface area contributed by atoms with Crippen LogP contribution in [0.2, 0.25) is 0 Å². The molecule has 5 heteroatoms. The monoisotopic (exact) mass is 267 g/mol. The van der Waals surface area contributed by atoms with E-state index in [4.69, 9.17) is 0 Å². The van der Waals surface area contributed by atoms with Gasteiger partial charge in [0.2, 0.25) is 0 Å². The van der Waals surface area contributed by atoms with Gasteiger partial charge in [-0.15, -0.1) is 6.58 Å². The molecule has 0 spiro atoms. The fraction of sp³-hybridized carbons (Fsp3) is 0.786. The van der Waals surface area contributed by atoms with Gasteiger partial charge >= 0.3 is 0 Å². The van der Waals surface area contributed by atoms with Crippen molar-refractivity contribution in [2.24, 2.45) is 10.9 Å². The van der Waals surface area contributed by atoms with Gasteiger partial charge in [0, 0.05) is 52.9 Å². The SMILES string of the molecule is C=CCNC(=NC)NCC(C)CN1CCN(C)CC1. The van der Waals surface area contributed by atoms with Crippen LogP contribution >= 0.6 is 0 Å². The van der Waals surface area contributed by atoms with Crippen LogP contribution in [0.1, 0.15) is 6.92 Å². The molecular formula is C14H29N5. The van der Waals surface area contributed by atoms with Crippen LogP contribution in [0.5, 0.6) is 0 Å². The molecule has 1 atom stereocenters. The molecule has 0 amide bonds. The molecule has 0 radical (unpaired) electrons. The van der Waals surface area contributed by atoms with E-state index in [0.717, 1.165) is 25.6 Å². The number of aliphatic imine (C=N–C) groups is 1. The molecule has 0 aliphatic carbocycles. The first-order chi connectivity index (χ1) is 9.15. The summed E-state index contributed by atoms with van der Waals surface area (Å²) in [6.45, 7) is 13.6. The number of hydrogen-bond donors (Lipinski definition) is 2. The summed E-state index contributed by atoms with van der Waals surface area (Å²) < 4.78 is 0. The van der Waals surface area contributed by atoms with E-state index in [1.54, 1.807) is 7.05 Å². The van der Waals surface area contributed by atoms with Crippen LogP contribution in [0.4, 0.5) is 0 Å². The molecule has 0 aromatic heterocycles.